The van der Waals surface area contributed by atoms with Crippen LogP contribution in [-0.2, 0) is 35.3 Å². The molecule has 0 radical (unpaired) electrons. The molecule has 3 aromatic carbocycles. The Morgan fingerprint density at radius 3 is 2.24 bits per heavy atom. The van der Waals surface area contributed by atoms with Crippen molar-refractivity contribution in [3.8, 4) is 0 Å². The molecule has 3 aromatic rings. The molecular formula is C35H42N4O6. The van der Waals surface area contributed by atoms with Crippen LogP contribution in [0.25, 0.3) is 0 Å². The number of benzene rings is 3. The van der Waals surface area contributed by atoms with Crippen LogP contribution in [0.2, 0.25) is 0 Å². The largest absolute Gasteiger partial charge is 0.467 e. The number of nitrogens with zero attached hydrogens (tertiary/aromatic N) is 1. The van der Waals surface area contributed by atoms with Crippen molar-refractivity contribution in [2.45, 2.75) is 58.3 Å². The van der Waals surface area contributed by atoms with Crippen LogP contribution in [0.4, 0.5) is 11.4 Å². The van der Waals surface area contributed by atoms with E-state index in [1.807, 2.05) is 60.7 Å². The zero-order valence-electron chi connectivity index (χ0n) is 26.2. The molecule has 10 nitrogen and oxygen atoms in total. The van der Waals surface area contributed by atoms with E-state index in [1.165, 1.54) is 7.11 Å². The molecule has 1 heterocycles. The van der Waals surface area contributed by atoms with Gasteiger partial charge in [-0.25, -0.2) is 4.79 Å². The summed E-state index contributed by atoms with van der Waals surface area (Å²) in [5, 5.41) is 9.01. The molecule has 1 saturated heterocycles. The standard InChI is InChI=1S/C35H42N4O6/c1-35(2,3)34(43)38-28(23-45-22-24-13-7-5-8-14-24)31(40)37-27-18-11-17-26(21-27)36-30(25-15-9-6-10-16-25)32(41)39-20-12-19-29(39)33(42)44-4/h5-11,13-18,21,28-30,36H,12,19-20,22-23H2,1-4H3,(H,37,40)(H,38,43)/t28-,29+,30?/m1/s1. The molecule has 10 heteroatoms. The number of nitrogens with one attached hydrogen (secondary N) is 3. The number of hydrogen-bond donors (Lipinski definition) is 3. The molecule has 0 saturated carbocycles. The minimum Gasteiger partial charge on any atom is -0.467 e. The molecule has 1 unspecified atom stereocenters. The van der Waals surface area contributed by atoms with Crippen molar-refractivity contribution in [1.82, 2.24) is 10.2 Å². The van der Waals surface area contributed by atoms with Gasteiger partial charge in [0.25, 0.3) is 0 Å². The maximum Gasteiger partial charge on any atom is 0.328 e. The second-order valence-electron chi connectivity index (χ2n) is 12.0. The van der Waals surface area contributed by atoms with Gasteiger partial charge in [-0.15, -0.1) is 0 Å². The number of carbonyl (C=O) groups excluding carboxylic acids is 4. The Bertz CT molecular complexity index is 1460. The van der Waals surface area contributed by atoms with Gasteiger partial charge in [-0.05, 0) is 42.2 Å². The fourth-order valence-electron chi connectivity index (χ4n) is 5.02. The average molecular weight is 615 g/mol. The van der Waals surface area contributed by atoms with E-state index in [1.54, 1.807) is 49.9 Å². The molecule has 3 atom stereocenters. The number of ether oxygens (including phenoxy) is 2. The molecule has 1 aliphatic heterocycles. The summed E-state index contributed by atoms with van der Waals surface area (Å²) in [7, 11) is 1.32. The monoisotopic (exact) mass is 614 g/mol. The molecule has 0 aliphatic carbocycles. The molecule has 3 N–H and O–H groups in total. The van der Waals surface area contributed by atoms with Gasteiger partial charge >= 0.3 is 5.97 Å². The summed E-state index contributed by atoms with van der Waals surface area (Å²) in [6, 6.07) is 23.5. The average Bonchev–Trinajstić information content (AvgIpc) is 3.53. The molecule has 45 heavy (non-hydrogen) atoms. The summed E-state index contributed by atoms with van der Waals surface area (Å²) in [6.45, 7) is 6.04. The number of carbonyl (C=O) groups is 4. The number of amides is 3. The van der Waals surface area contributed by atoms with Gasteiger partial charge in [0.05, 0.1) is 20.3 Å². The second kappa shape index (κ2) is 15.3. The molecule has 0 bridgehead atoms. The molecule has 3 amide bonds. The van der Waals surface area contributed by atoms with E-state index in [4.69, 9.17) is 9.47 Å². The van der Waals surface area contributed by atoms with Crippen LogP contribution in [0.5, 0.6) is 0 Å². The van der Waals surface area contributed by atoms with E-state index in [9.17, 15) is 19.2 Å². The van der Waals surface area contributed by atoms with Crippen LogP contribution in [0.1, 0.15) is 50.8 Å². The SMILES string of the molecule is COC(=O)[C@@H]1CCCN1C(=O)C(Nc1cccc(NC(=O)[C@@H](COCc2ccccc2)NC(=O)C(C)(C)C)c1)c1ccccc1. The van der Waals surface area contributed by atoms with Gasteiger partial charge in [0, 0.05) is 23.3 Å². The van der Waals surface area contributed by atoms with Crippen LogP contribution in [0.3, 0.4) is 0 Å². The van der Waals surface area contributed by atoms with E-state index >= 15 is 0 Å². The number of esters is 1. The molecular weight excluding hydrogens is 572 g/mol. The highest BCUT2D eigenvalue weighted by atomic mass is 16.5. The van der Waals surface area contributed by atoms with E-state index in [0.29, 0.717) is 30.8 Å². The molecule has 4 rings (SSSR count). The van der Waals surface area contributed by atoms with E-state index < -0.39 is 35.4 Å². The van der Waals surface area contributed by atoms with Gasteiger partial charge in [0.15, 0.2) is 0 Å². The highest BCUT2D eigenvalue weighted by Gasteiger charge is 2.38. The van der Waals surface area contributed by atoms with Gasteiger partial charge in [-0.1, -0.05) is 87.5 Å². The number of methoxy groups -OCH3 is 1. The Labute approximate surface area is 264 Å². The Hall–Kier alpha value is -4.70. The normalized spacial score (nSPS) is 15.9. The predicted octanol–water partition coefficient (Wildman–Crippen LogP) is 4.69. The summed E-state index contributed by atoms with van der Waals surface area (Å²) in [4.78, 5) is 54.1. The van der Waals surface area contributed by atoms with Crippen molar-refractivity contribution in [1.29, 1.82) is 0 Å². The zero-order chi connectivity index (χ0) is 32.4. The van der Waals surface area contributed by atoms with Gasteiger partial charge in [-0.3, -0.25) is 14.4 Å². The van der Waals surface area contributed by atoms with Gasteiger partial charge in [0.2, 0.25) is 17.7 Å². The molecule has 238 valence electrons. The van der Waals surface area contributed by atoms with E-state index in [2.05, 4.69) is 16.0 Å². The highest BCUT2D eigenvalue weighted by Crippen LogP contribution is 2.28. The summed E-state index contributed by atoms with van der Waals surface area (Å²) in [5.41, 5.74) is 2.03. The smallest absolute Gasteiger partial charge is 0.328 e. The Morgan fingerprint density at radius 2 is 1.58 bits per heavy atom. The maximum absolute atomic E-state index is 13.9. The fraction of sp³-hybridized carbons (Fsp3) is 0.371. The molecule has 0 spiro atoms. The van der Waals surface area contributed by atoms with Crippen LogP contribution >= 0.6 is 0 Å². The highest BCUT2D eigenvalue weighted by molar-refractivity contribution is 5.98. The van der Waals surface area contributed by atoms with Crippen LogP contribution in [0.15, 0.2) is 84.9 Å². The van der Waals surface area contributed by atoms with Crippen molar-refractivity contribution in [2.24, 2.45) is 5.41 Å². The summed E-state index contributed by atoms with van der Waals surface area (Å²) >= 11 is 0. The lowest BCUT2D eigenvalue weighted by Gasteiger charge is -2.29. The second-order valence-corrected chi connectivity index (χ2v) is 12.0. The third kappa shape index (κ3) is 9.15. The number of likely N-dealkylation sites (tertiary alicyclic amines) is 1. The molecule has 1 aliphatic rings. The molecule has 1 fully saturated rings. The first kappa shape index (κ1) is 33.2. The van der Waals surface area contributed by atoms with E-state index in [0.717, 1.165) is 11.1 Å². The van der Waals surface area contributed by atoms with Crippen LogP contribution in [0, 0.1) is 5.41 Å². The van der Waals surface area contributed by atoms with Gasteiger partial charge in [0.1, 0.15) is 18.1 Å². The van der Waals surface area contributed by atoms with Crippen LogP contribution in [-0.4, -0.2) is 60.9 Å². The first-order valence-electron chi connectivity index (χ1n) is 15.1. The fourth-order valence-corrected chi connectivity index (χ4v) is 5.02. The summed E-state index contributed by atoms with van der Waals surface area (Å²) < 4.78 is 10.8. The Balaban J connectivity index is 1.50. The van der Waals surface area contributed by atoms with Crippen molar-refractivity contribution >= 4 is 35.1 Å². The third-order valence-corrected chi connectivity index (χ3v) is 7.53. The third-order valence-electron chi connectivity index (χ3n) is 7.53. The van der Waals surface area contributed by atoms with Crippen molar-refractivity contribution in [3.05, 3.63) is 96.1 Å². The minimum absolute atomic E-state index is 0.0255. The Kier molecular flexibility index (Phi) is 11.3. The lowest BCUT2D eigenvalue weighted by atomic mass is 9.95. The zero-order valence-corrected chi connectivity index (χ0v) is 26.2. The van der Waals surface area contributed by atoms with Crippen molar-refractivity contribution in [2.75, 3.05) is 30.9 Å². The summed E-state index contributed by atoms with van der Waals surface area (Å²) in [5.74, 6) is -1.40. The Morgan fingerprint density at radius 1 is 0.911 bits per heavy atom. The van der Waals surface area contributed by atoms with E-state index in [-0.39, 0.29) is 25.0 Å². The lowest BCUT2D eigenvalue weighted by Crippen LogP contribution is -2.50. The summed E-state index contributed by atoms with van der Waals surface area (Å²) in [6.07, 6.45) is 1.25. The van der Waals surface area contributed by atoms with Crippen molar-refractivity contribution < 1.29 is 28.7 Å². The number of hydrogen-bond acceptors (Lipinski definition) is 7. The quantitative estimate of drug-likeness (QED) is 0.253. The number of rotatable bonds is 12. The number of anilines is 2. The topological polar surface area (TPSA) is 126 Å². The first-order valence-corrected chi connectivity index (χ1v) is 15.1. The minimum atomic E-state index is -0.943. The van der Waals surface area contributed by atoms with Gasteiger partial charge in [-0.2, -0.15) is 0 Å². The van der Waals surface area contributed by atoms with Crippen molar-refractivity contribution in [3.63, 3.8) is 0 Å². The molecule has 0 aromatic heterocycles. The van der Waals surface area contributed by atoms with Crippen LogP contribution < -0.4 is 16.0 Å². The predicted molar refractivity (Wildman–Crippen MR) is 172 cm³/mol. The first-order chi connectivity index (χ1) is 21.6. The maximum atomic E-state index is 13.9. The lowest BCUT2D eigenvalue weighted by molar-refractivity contribution is -0.151. The van der Waals surface area contributed by atoms with Gasteiger partial charge < -0.3 is 30.3 Å².